The third-order valence-electron chi connectivity index (χ3n) is 1.73. The lowest BCUT2D eigenvalue weighted by atomic mass is 10.5. The Balaban J connectivity index is -0.000000285. The minimum absolute atomic E-state index is 0. The second kappa shape index (κ2) is 12.4. The van der Waals surface area contributed by atoms with E-state index in [1.807, 2.05) is 22.9 Å². The SMILES string of the molecule is CN.CN.CN.O=Cc1ccc2n1C=CCN2.[H+]. The standard InChI is InChI=1S/C8H8N2O.3CH5N/c11-6-7-2-3-8-9-4-1-5-10(7)8;3*1-2/h1-3,5-6,9H,4H2;3*2H2,1H3/p+1. The number of nitrogens with zero attached hydrogens (tertiary/aromatic N) is 1. The number of aldehydes is 1. The first kappa shape index (κ1) is 17.8. The van der Waals surface area contributed by atoms with Crippen LogP contribution in [0.1, 0.15) is 11.9 Å². The van der Waals surface area contributed by atoms with Crippen LogP contribution in [0.2, 0.25) is 0 Å². The number of carbonyl (C=O) groups excluding carboxylic acids is 1. The van der Waals surface area contributed by atoms with Crippen molar-refractivity contribution in [2.75, 3.05) is 33.0 Å². The highest BCUT2D eigenvalue weighted by Gasteiger charge is 2.05. The van der Waals surface area contributed by atoms with Crippen molar-refractivity contribution in [3.8, 4) is 0 Å². The highest BCUT2D eigenvalue weighted by molar-refractivity contribution is 5.77. The first-order valence-electron chi connectivity index (χ1n) is 5.22. The number of aromatic nitrogens is 1. The molecule has 0 unspecified atom stereocenters. The number of hydrogen-bond acceptors (Lipinski definition) is 5. The van der Waals surface area contributed by atoms with E-state index in [0.29, 0.717) is 5.69 Å². The zero-order valence-electron chi connectivity index (χ0n) is 11.7. The minimum atomic E-state index is 0. The first-order chi connectivity index (χ1) is 8.42. The molecule has 2 rings (SSSR count). The van der Waals surface area contributed by atoms with Crippen LogP contribution in [0.25, 0.3) is 6.20 Å². The summed E-state index contributed by atoms with van der Waals surface area (Å²) >= 11 is 0. The molecule has 1 aromatic heterocycles. The van der Waals surface area contributed by atoms with Gasteiger partial charge >= 0.3 is 1.43 Å². The van der Waals surface area contributed by atoms with Crippen molar-refractivity contribution >= 4 is 18.3 Å². The summed E-state index contributed by atoms with van der Waals surface area (Å²) < 4.78 is 1.83. The molecule has 98 valence electrons. The van der Waals surface area contributed by atoms with E-state index in [1.54, 1.807) is 6.07 Å². The fourth-order valence-corrected chi connectivity index (χ4v) is 1.19. The smallest absolute Gasteiger partial charge is 0.368 e. The minimum Gasteiger partial charge on any atom is -0.368 e. The molecule has 0 bridgehead atoms. The molecular formula is C11H24N5O+. The predicted molar refractivity (Wildman–Crippen MR) is 75.1 cm³/mol. The average Bonchev–Trinajstić information content (AvgIpc) is 2.88. The van der Waals surface area contributed by atoms with Crippen molar-refractivity contribution in [3.63, 3.8) is 0 Å². The van der Waals surface area contributed by atoms with Gasteiger partial charge in [0.1, 0.15) is 5.82 Å². The zero-order chi connectivity index (χ0) is 13.7. The lowest BCUT2D eigenvalue weighted by molar-refractivity contribution is 0.111. The molecule has 0 atom stereocenters. The molecule has 1 aliphatic rings. The Hall–Kier alpha value is -1.63. The summed E-state index contributed by atoms with van der Waals surface area (Å²) in [5.41, 5.74) is 14.2. The van der Waals surface area contributed by atoms with Crippen LogP contribution in [-0.2, 0) is 0 Å². The van der Waals surface area contributed by atoms with Gasteiger partial charge in [0.05, 0.1) is 5.69 Å². The van der Waals surface area contributed by atoms with Crippen LogP contribution in [-0.4, -0.2) is 38.5 Å². The fourth-order valence-electron chi connectivity index (χ4n) is 1.19. The molecule has 6 heteroatoms. The number of rotatable bonds is 1. The van der Waals surface area contributed by atoms with E-state index >= 15 is 0 Å². The molecular weight excluding hydrogens is 218 g/mol. The quantitative estimate of drug-likeness (QED) is 0.519. The van der Waals surface area contributed by atoms with Crippen LogP contribution in [0.3, 0.4) is 0 Å². The van der Waals surface area contributed by atoms with Gasteiger partial charge in [-0.25, -0.2) is 0 Å². The van der Waals surface area contributed by atoms with Crippen molar-refractivity contribution in [1.82, 2.24) is 4.57 Å². The molecule has 0 aromatic carbocycles. The monoisotopic (exact) mass is 242 g/mol. The number of fused-ring (bicyclic) bond motifs is 1. The maximum Gasteiger partial charge on any atom is 1.00 e. The van der Waals surface area contributed by atoms with Crippen molar-refractivity contribution in [2.24, 2.45) is 17.2 Å². The maximum atomic E-state index is 10.5. The van der Waals surface area contributed by atoms with E-state index in [4.69, 9.17) is 0 Å². The van der Waals surface area contributed by atoms with Gasteiger partial charge in [0.25, 0.3) is 0 Å². The maximum absolute atomic E-state index is 10.5. The molecule has 2 heterocycles. The van der Waals surface area contributed by atoms with Gasteiger partial charge in [-0.1, -0.05) is 0 Å². The molecule has 0 saturated heterocycles. The lowest BCUT2D eigenvalue weighted by Gasteiger charge is -2.11. The van der Waals surface area contributed by atoms with E-state index in [0.717, 1.165) is 18.6 Å². The molecule has 0 fully saturated rings. The third-order valence-corrected chi connectivity index (χ3v) is 1.73. The Bertz CT molecular complexity index is 325. The third kappa shape index (κ3) is 5.30. The Morgan fingerprint density at radius 3 is 2.35 bits per heavy atom. The number of nitrogens with two attached hydrogens (primary N) is 3. The summed E-state index contributed by atoms with van der Waals surface area (Å²) in [4.78, 5) is 10.5. The van der Waals surface area contributed by atoms with E-state index < -0.39 is 0 Å². The van der Waals surface area contributed by atoms with E-state index in [9.17, 15) is 4.79 Å². The number of anilines is 1. The predicted octanol–water partition coefficient (Wildman–Crippen LogP) is 0.0340. The van der Waals surface area contributed by atoms with Crippen molar-refractivity contribution in [3.05, 3.63) is 23.9 Å². The summed E-state index contributed by atoms with van der Waals surface area (Å²) in [6, 6.07) is 3.69. The van der Waals surface area contributed by atoms with Crippen LogP contribution < -0.4 is 22.5 Å². The average molecular weight is 242 g/mol. The fraction of sp³-hybridized carbons (Fsp3) is 0.364. The highest BCUT2D eigenvalue weighted by atomic mass is 16.1. The molecule has 1 aromatic rings. The molecule has 0 amide bonds. The van der Waals surface area contributed by atoms with Gasteiger partial charge in [-0.05, 0) is 39.4 Å². The molecule has 6 nitrogen and oxygen atoms in total. The summed E-state index contributed by atoms with van der Waals surface area (Å²) in [5, 5.41) is 3.13. The summed E-state index contributed by atoms with van der Waals surface area (Å²) in [7, 11) is 4.50. The summed E-state index contributed by atoms with van der Waals surface area (Å²) in [5.74, 6) is 0.981. The second-order valence-corrected chi connectivity index (χ2v) is 2.40. The zero-order valence-corrected chi connectivity index (χ0v) is 10.7. The first-order valence-corrected chi connectivity index (χ1v) is 5.22. The van der Waals surface area contributed by atoms with Crippen molar-refractivity contribution < 1.29 is 6.22 Å². The highest BCUT2D eigenvalue weighted by Crippen LogP contribution is 2.16. The van der Waals surface area contributed by atoms with E-state index in [-0.39, 0.29) is 1.43 Å². The molecule has 7 N–H and O–H groups in total. The van der Waals surface area contributed by atoms with Gasteiger partial charge < -0.3 is 27.1 Å². The molecule has 0 saturated carbocycles. The van der Waals surface area contributed by atoms with Gasteiger partial charge in [-0.15, -0.1) is 0 Å². The van der Waals surface area contributed by atoms with Crippen molar-refractivity contribution in [2.45, 2.75) is 0 Å². The van der Waals surface area contributed by atoms with Gasteiger partial charge in [0.15, 0.2) is 6.29 Å². The van der Waals surface area contributed by atoms with Crippen LogP contribution >= 0.6 is 0 Å². The van der Waals surface area contributed by atoms with Crippen LogP contribution in [0, 0.1) is 0 Å². The molecule has 1 aliphatic heterocycles. The lowest BCUT2D eigenvalue weighted by Crippen LogP contribution is -2.09. The molecule has 0 spiro atoms. The Kier molecular flexibility index (Phi) is 13.0. The van der Waals surface area contributed by atoms with Crippen LogP contribution in [0.15, 0.2) is 18.2 Å². The Morgan fingerprint density at radius 1 is 1.24 bits per heavy atom. The Morgan fingerprint density at radius 2 is 1.82 bits per heavy atom. The van der Waals surface area contributed by atoms with Gasteiger partial charge in [0.2, 0.25) is 0 Å². The molecule has 17 heavy (non-hydrogen) atoms. The normalized spacial score (nSPS) is 10.0. The van der Waals surface area contributed by atoms with Crippen LogP contribution in [0.5, 0.6) is 0 Å². The van der Waals surface area contributed by atoms with E-state index in [2.05, 4.69) is 22.5 Å². The second-order valence-electron chi connectivity index (χ2n) is 2.40. The molecule has 0 radical (unpaired) electrons. The number of nitrogens with one attached hydrogen (secondary N) is 1. The van der Waals surface area contributed by atoms with Crippen molar-refractivity contribution in [1.29, 1.82) is 0 Å². The van der Waals surface area contributed by atoms with Gasteiger partial charge in [-0.2, -0.15) is 0 Å². The molecule has 0 aliphatic carbocycles. The Labute approximate surface area is 104 Å². The largest absolute Gasteiger partial charge is 1.00 e. The number of carbonyl (C=O) groups is 1. The van der Waals surface area contributed by atoms with Gasteiger partial charge in [-0.3, -0.25) is 4.79 Å². The topological polar surface area (TPSA) is 112 Å². The van der Waals surface area contributed by atoms with Crippen LogP contribution in [0.4, 0.5) is 5.82 Å². The number of hydrogen-bond donors (Lipinski definition) is 4. The van der Waals surface area contributed by atoms with E-state index in [1.165, 1.54) is 21.1 Å². The van der Waals surface area contributed by atoms with Gasteiger partial charge in [0, 0.05) is 12.7 Å². The summed E-state index contributed by atoms with van der Waals surface area (Å²) in [6.07, 6.45) is 4.72. The summed E-state index contributed by atoms with van der Waals surface area (Å²) in [6.45, 7) is 0.836.